The SMILES string of the molecule is CCCc1c(NC)ncnc1-c1ccc(F)cc1F. The van der Waals surface area contributed by atoms with Gasteiger partial charge >= 0.3 is 0 Å². The van der Waals surface area contributed by atoms with Crippen LogP contribution < -0.4 is 5.32 Å². The fraction of sp³-hybridized carbons (Fsp3) is 0.286. The Morgan fingerprint density at radius 1 is 1.21 bits per heavy atom. The predicted molar refractivity (Wildman–Crippen MR) is 70.9 cm³/mol. The van der Waals surface area contributed by atoms with Crippen LogP contribution in [-0.4, -0.2) is 17.0 Å². The Morgan fingerprint density at radius 3 is 2.63 bits per heavy atom. The molecule has 1 heterocycles. The summed E-state index contributed by atoms with van der Waals surface area (Å²) in [5.74, 6) is -0.533. The van der Waals surface area contributed by atoms with E-state index in [-0.39, 0.29) is 0 Å². The van der Waals surface area contributed by atoms with Crippen LogP contribution in [0.2, 0.25) is 0 Å². The summed E-state index contributed by atoms with van der Waals surface area (Å²) < 4.78 is 26.8. The molecule has 0 spiro atoms. The molecule has 2 aromatic rings. The maximum atomic E-state index is 13.9. The molecule has 2 rings (SSSR count). The van der Waals surface area contributed by atoms with E-state index in [0.29, 0.717) is 17.1 Å². The van der Waals surface area contributed by atoms with Crippen molar-refractivity contribution in [3.05, 3.63) is 41.7 Å². The molecule has 0 atom stereocenters. The van der Waals surface area contributed by atoms with Crippen LogP contribution in [0, 0.1) is 11.6 Å². The van der Waals surface area contributed by atoms with Gasteiger partial charge in [-0.2, -0.15) is 0 Å². The minimum absolute atomic E-state index is 0.295. The zero-order valence-corrected chi connectivity index (χ0v) is 10.9. The second kappa shape index (κ2) is 5.73. The van der Waals surface area contributed by atoms with Gasteiger partial charge in [-0.05, 0) is 18.6 Å². The van der Waals surface area contributed by atoms with Gasteiger partial charge < -0.3 is 5.32 Å². The molecule has 0 radical (unpaired) electrons. The van der Waals surface area contributed by atoms with Crippen LogP contribution in [0.25, 0.3) is 11.3 Å². The molecule has 5 heteroatoms. The molecular weight excluding hydrogens is 248 g/mol. The Hall–Kier alpha value is -2.04. The molecule has 100 valence electrons. The van der Waals surface area contributed by atoms with Crippen LogP contribution >= 0.6 is 0 Å². The number of nitrogens with one attached hydrogen (secondary N) is 1. The van der Waals surface area contributed by atoms with Crippen LogP contribution in [0.5, 0.6) is 0 Å². The third kappa shape index (κ3) is 2.70. The van der Waals surface area contributed by atoms with Crippen molar-refractivity contribution in [1.82, 2.24) is 9.97 Å². The number of hydrogen-bond acceptors (Lipinski definition) is 3. The largest absolute Gasteiger partial charge is 0.373 e. The maximum absolute atomic E-state index is 13.9. The van der Waals surface area contributed by atoms with E-state index in [1.807, 2.05) is 6.92 Å². The van der Waals surface area contributed by atoms with Gasteiger partial charge in [0.15, 0.2) is 0 Å². The quantitative estimate of drug-likeness (QED) is 0.918. The minimum atomic E-state index is -0.613. The fourth-order valence-corrected chi connectivity index (χ4v) is 2.03. The molecule has 1 aromatic heterocycles. The summed E-state index contributed by atoms with van der Waals surface area (Å²) >= 11 is 0. The first kappa shape index (κ1) is 13.4. The van der Waals surface area contributed by atoms with Crippen LogP contribution in [0.1, 0.15) is 18.9 Å². The van der Waals surface area contributed by atoms with E-state index < -0.39 is 11.6 Å². The predicted octanol–water partition coefficient (Wildman–Crippen LogP) is 3.42. The summed E-state index contributed by atoms with van der Waals surface area (Å²) in [4.78, 5) is 8.28. The summed E-state index contributed by atoms with van der Waals surface area (Å²) in [6.07, 6.45) is 2.99. The smallest absolute Gasteiger partial charge is 0.135 e. The summed E-state index contributed by atoms with van der Waals surface area (Å²) in [7, 11) is 1.76. The van der Waals surface area contributed by atoms with E-state index in [0.717, 1.165) is 24.5 Å². The average molecular weight is 263 g/mol. The van der Waals surface area contributed by atoms with Crippen LogP contribution in [-0.2, 0) is 6.42 Å². The fourth-order valence-electron chi connectivity index (χ4n) is 2.03. The Labute approximate surface area is 110 Å². The van der Waals surface area contributed by atoms with Crippen molar-refractivity contribution in [2.45, 2.75) is 19.8 Å². The average Bonchev–Trinajstić information content (AvgIpc) is 2.40. The lowest BCUT2D eigenvalue weighted by molar-refractivity contribution is 0.585. The van der Waals surface area contributed by atoms with E-state index in [2.05, 4.69) is 15.3 Å². The molecule has 0 saturated heterocycles. The van der Waals surface area contributed by atoms with Gasteiger partial charge in [0.1, 0.15) is 23.8 Å². The highest BCUT2D eigenvalue weighted by atomic mass is 19.1. The Morgan fingerprint density at radius 2 is 2.00 bits per heavy atom. The number of aromatic nitrogens is 2. The van der Waals surface area contributed by atoms with Gasteiger partial charge in [0, 0.05) is 24.2 Å². The van der Waals surface area contributed by atoms with Crippen molar-refractivity contribution < 1.29 is 8.78 Å². The van der Waals surface area contributed by atoms with Crippen LogP contribution in [0.3, 0.4) is 0 Å². The summed E-state index contributed by atoms with van der Waals surface area (Å²) in [6.45, 7) is 2.03. The number of hydrogen-bond donors (Lipinski definition) is 1. The summed E-state index contributed by atoms with van der Waals surface area (Å²) in [6, 6.07) is 3.51. The standard InChI is InChI=1S/C14H15F2N3/c1-3-4-11-13(18-8-19-14(11)17-2)10-6-5-9(15)7-12(10)16/h5-8H,3-4H2,1-2H3,(H,17,18,19). The normalized spacial score (nSPS) is 10.5. The van der Waals surface area contributed by atoms with Crippen molar-refractivity contribution in [3.8, 4) is 11.3 Å². The van der Waals surface area contributed by atoms with Gasteiger partial charge in [-0.25, -0.2) is 18.7 Å². The monoisotopic (exact) mass is 263 g/mol. The van der Waals surface area contributed by atoms with E-state index in [1.165, 1.54) is 18.5 Å². The second-order valence-electron chi connectivity index (χ2n) is 4.17. The van der Waals surface area contributed by atoms with Crippen molar-refractivity contribution in [3.63, 3.8) is 0 Å². The lowest BCUT2D eigenvalue weighted by Crippen LogP contribution is -2.04. The Balaban J connectivity index is 2.60. The Bertz CT molecular complexity index is 585. The highest BCUT2D eigenvalue weighted by Gasteiger charge is 2.15. The highest BCUT2D eigenvalue weighted by Crippen LogP contribution is 2.28. The zero-order valence-electron chi connectivity index (χ0n) is 10.9. The third-order valence-electron chi connectivity index (χ3n) is 2.87. The highest BCUT2D eigenvalue weighted by molar-refractivity contribution is 5.68. The third-order valence-corrected chi connectivity index (χ3v) is 2.87. The first-order valence-electron chi connectivity index (χ1n) is 6.14. The van der Waals surface area contributed by atoms with E-state index >= 15 is 0 Å². The lowest BCUT2D eigenvalue weighted by atomic mass is 10.0. The van der Waals surface area contributed by atoms with E-state index in [1.54, 1.807) is 7.05 Å². The molecule has 1 aromatic carbocycles. The van der Waals surface area contributed by atoms with Crippen molar-refractivity contribution in [2.24, 2.45) is 0 Å². The second-order valence-corrected chi connectivity index (χ2v) is 4.17. The van der Waals surface area contributed by atoms with Crippen LogP contribution in [0.4, 0.5) is 14.6 Å². The Kier molecular flexibility index (Phi) is 4.04. The van der Waals surface area contributed by atoms with Gasteiger partial charge in [-0.15, -0.1) is 0 Å². The van der Waals surface area contributed by atoms with Crippen molar-refractivity contribution in [1.29, 1.82) is 0 Å². The molecule has 0 aliphatic heterocycles. The molecular formula is C14H15F2N3. The van der Waals surface area contributed by atoms with Gasteiger partial charge in [0.25, 0.3) is 0 Å². The number of benzene rings is 1. The van der Waals surface area contributed by atoms with Crippen molar-refractivity contribution in [2.75, 3.05) is 12.4 Å². The molecule has 0 fully saturated rings. The number of rotatable bonds is 4. The zero-order chi connectivity index (χ0) is 13.8. The van der Waals surface area contributed by atoms with Gasteiger partial charge in [-0.3, -0.25) is 0 Å². The van der Waals surface area contributed by atoms with Gasteiger partial charge in [0.05, 0.1) is 5.69 Å². The van der Waals surface area contributed by atoms with Gasteiger partial charge in [-0.1, -0.05) is 13.3 Å². The summed E-state index contributed by atoms with van der Waals surface area (Å²) in [5, 5.41) is 2.97. The molecule has 1 N–H and O–H groups in total. The molecule has 0 saturated carbocycles. The molecule has 0 amide bonds. The van der Waals surface area contributed by atoms with Crippen molar-refractivity contribution >= 4 is 5.82 Å². The molecule has 3 nitrogen and oxygen atoms in total. The molecule has 0 bridgehead atoms. The topological polar surface area (TPSA) is 37.8 Å². The van der Waals surface area contributed by atoms with E-state index in [4.69, 9.17) is 0 Å². The number of nitrogens with zero attached hydrogens (tertiary/aromatic N) is 2. The first-order valence-corrected chi connectivity index (χ1v) is 6.14. The molecule has 0 unspecified atom stereocenters. The molecule has 0 aliphatic rings. The minimum Gasteiger partial charge on any atom is -0.373 e. The summed E-state index contributed by atoms with van der Waals surface area (Å²) in [5.41, 5.74) is 1.65. The molecule has 0 aliphatic carbocycles. The van der Waals surface area contributed by atoms with Crippen LogP contribution in [0.15, 0.2) is 24.5 Å². The maximum Gasteiger partial charge on any atom is 0.135 e. The van der Waals surface area contributed by atoms with Gasteiger partial charge in [0.2, 0.25) is 0 Å². The number of halogens is 2. The molecule has 19 heavy (non-hydrogen) atoms. The first-order chi connectivity index (χ1) is 9.17. The number of anilines is 1. The van der Waals surface area contributed by atoms with E-state index in [9.17, 15) is 8.78 Å². The lowest BCUT2D eigenvalue weighted by Gasteiger charge is -2.12.